The Morgan fingerprint density at radius 1 is 1.28 bits per heavy atom. The van der Waals surface area contributed by atoms with Crippen LogP contribution in [-0.4, -0.2) is 68.7 Å². The van der Waals surface area contributed by atoms with Gasteiger partial charge in [-0.1, -0.05) is 6.07 Å². The average molecular weight is 503 g/mol. The molecule has 2 aliphatic heterocycles. The fourth-order valence-corrected chi connectivity index (χ4v) is 4.85. The highest BCUT2D eigenvalue weighted by Crippen LogP contribution is 2.39. The number of nitrogens with zero attached hydrogens (tertiary/aromatic N) is 3. The van der Waals surface area contributed by atoms with Crippen molar-refractivity contribution in [2.75, 3.05) is 31.5 Å². The Morgan fingerprint density at radius 3 is 2.75 bits per heavy atom. The van der Waals surface area contributed by atoms with E-state index in [0.717, 1.165) is 25.6 Å². The average Bonchev–Trinajstić information content (AvgIpc) is 3.27. The van der Waals surface area contributed by atoms with Gasteiger partial charge in [-0.05, 0) is 51.3 Å². The fourth-order valence-electron chi connectivity index (χ4n) is 4.85. The Hall–Kier alpha value is -3.18. The van der Waals surface area contributed by atoms with Crippen LogP contribution >= 0.6 is 0 Å². The van der Waals surface area contributed by atoms with E-state index in [4.69, 9.17) is 0 Å². The van der Waals surface area contributed by atoms with Crippen molar-refractivity contribution in [1.29, 1.82) is 0 Å². The number of H-pyrrole nitrogens is 1. The molecule has 3 aromatic rings. The molecular formula is C25H29F3N6O2. The van der Waals surface area contributed by atoms with E-state index in [1.165, 1.54) is 6.20 Å². The molecule has 0 spiro atoms. The highest BCUT2D eigenvalue weighted by atomic mass is 19.4. The molecule has 1 aromatic carbocycles. The van der Waals surface area contributed by atoms with Crippen molar-refractivity contribution in [3.8, 4) is 11.3 Å². The molecule has 192 valence electrons. The van der Waals surface area contributed by atoms with Crippen molar-refractivity contribution in [1.82, 2.24) is 25.2 Å². The molecule has 4 heterocycles. The molecule has 36 heavy (non-hydrogen) atoms. The molecule has 0 saturated carbocycles. The van der Waals surface area contributed by atoms with E-state index in [9.17, 15) is 23.1 Å². The smallest absolute Gasteiger partial charge is 0.390 e. The Bertz CT molecular complexity index is 1260. The quantitative estimate of drug-likeness (QED) is 0.433. The summed E-state index contributed by atoms with van der Waals surface area (Å²) < 4.78 is 41.6. The lowest BCUT2D eigenvalue weighted by atomic mass is 9.93. The van der Waals surface area contributed by atoms with E-state index < -0.39 is 17.3 Å². The maximum Gasteiger partial charge on any atom is 0.419 e. The lowest BCUT2D eigenvalue weighted by Gasteiger charge is -2.35. The number of hydrogen-bond acceptors (Lipinski definition) is 6. The number of benzene rings is 1. The highest BCUT2D eigenvalue weighted by molar-refractivity contribution is 6.02. The number of carbonyl (C=O) groups is 1. The maximum absolute atomic E-state index is 13.9. The standard InChI is InChI=1S/C25H29F3N6O2/c1-24(36)6-9-34(10-7-24)22(35)15-4-5-17-18(13-30-20(17)11-15)21-19(25(26,27)28)14-31-23(33-21)32-16-3-2-8-29-12-16/h4-5,11,13-14,16,29-30,36H,2-3,6-10,12H2,1H3,(H,31,32,33)/t16-/m0/s1. The van der Waals surface area contributed by atoms with Crippen LogP contribution in [0.2, 0.25) is 0 Å². The number of fused-ring (bicyclic) bond motifs is 1. The van der Waals surface area contributed by atoms with Crippen molar-refractivity contribution in [2.24, 2.45) is 0 Å². The van der Waals surface area contributed by atoms with E-state index in [2.05, 4.69) is 25.6 Å². The molecule has 11 heteroatoms. The van der Waals surface area contributed by atoms with Gasteiger partial charge in [-0.15, -0.1) is 0 Å². The first-order chi connectivity index (χ1) is 17.1. The zero-order valence-corrected chi connectivity index (χ0v) is 20.0. The van der Waals surface area contributed by atoms with Crippen molar-refractivity contribution in [2.45, 2.75) is 50.4 Å². The van der Waals surface area contributed by atoms with E-state index in [0.29, 0.717) is 48.9 Å². The number of piperidine rings is 2. The van der Waals surface area contributed by atoms with Crippen molar-refractivity contribution < 1.29 is 23.1 Å². The number of aromatic nitrogens is 3. The molecule has 4 N–H and O–H groups in total. The number of aliphatic hydroxyl groups is 1. The summed E-state index contributed by atoms with van der Waals surface area (Å²) in [6, 6.07) is 4.96. The van der Waals surface area contributed by atoms with Crippen LogP contribution in [0.3, 0.4) is 0 Å². The monoisotopic (exact) mass is 502 g/mol. The number of halogens is 3. The van der Waals surface area contributed by atoms with Gasteiger partial charge in [0.05, 0.1) is 11.3 Å². The van der Waals surface area contributed by atoms with Crippen LogP contribution in [0.5, 0.6) is 0 Å². The summed E-state index contributed by atoms with van der Waals surface area (Å²) in [7, 11) is 0. The predicted octanol–water partition coefficient (Wildman–Crippen LogP) is 3.79. The van der Waals surface area contributed by atoms with Gasteiger partial charge in [0.25, 0.3) is 5.91 Å². The minimum atomic E-state index is -4.63. The number of anilines is 1. The second-order valence-electron chi connectivity index (χ2n) is 9.89. The summed E-state index contributed by atoms with van der Waals surface area (Å²) in [6.45, 7) is 4.26. The molecule has 1 amide bonds. The first-order valence-corrected chi connectivity index (χ1v) is 12.2. The summed E-state index contributed by atoms with van der Waals surface area (Å²) in [4.78, 5) is 25.9. The van der Waals surface area contributed by atoms with Gasteiger partial charge < -0.3 is 25.6 Å². The molecule has 5 rings (SSSR count). The van der Waals surface area contributed by atoms with Gasteiger partial charge in [0, 0.05) is 60.1 Å². The molecule has 8 nitrogen and oxygen atoms in total. The minimum absolute atomic E-state index is 0.0402. The van der Waals surface area contributed by atoms with Crippen molar-refractivity contribution in [3.05, 3.63) is 41.7 Å². The van der Waals surface area contributed by atoms with Gasteiger partial charge in [-0.2, -0.15) is 13.2 Å². The number of carbonyl (C=O) groups excluding carboxylic acids is 1. The Labute approximate surface area is 206 Å². The number of likely N-dealkylation sites (tertiary alicyclic amines) is 1. The summed E-state index contributed by atoms with van der Waals surface area (Å²) in [5, 5.41) is 17.1. The van der Waals surface area contributed by atoms with E-state index >= 15 is 0 Å². The van der Waals surface area contributed by atoms with Crippen LogP contribution in [0.4, 0.5) is 19.1 Å². The SMILES string of the molecule is CC1(O)CCN(C(=O)c2ccc3c(-c4nc(N[C@H]5CCCNC5)ncc4C(F)(F)F)c[nH]c3c2)CC1. The van der Waals surface area contributed by atoms with Gasteiger partial charge in [0.15, 0.2) is 0 Å². The summed E-state index contributed by atoms with van der Waals surface area (Å²) >= 11 is 0. The van der Waals surface area contributed by atoms with Crippen molar-refractivity contribution >= 4 is 22.8 Å². The normalized spacial score (nSPS) is 20.5. The van der Waals surface area contributed by atoms with E-state index in [-0.39, 0.29) is 29.2 Å². The summed E-state index contributed by atoms with van der Waals surface area (Å²) in [5.74, 6) is -0.0250. The van der Waals surface area contributed by atoms with Gasteiger partial charge in [-0.3, -0.25) is 4.79 Å². The third-order valence-electron chi connectivity index (χ3n) is 7.04. The largest absolute Gasteiger partial charge is 0.419 e. The molecule has 0 aliphatic carbocycles. The third kappa shape index (κ3) is 5.03. The lowest BCUT2D eigenvalue weighted by molar-refractivity contribution is -0.137. The molecule has 0 unspecified atom stereocenters. The number of amides is 1. The van der Waals surface area contributed by atoms with Crippen LogP contribution in [0.1, 0.15) is 48.5 Å². The van der Waals surface area contributed by atoms with Crippen LogP contribution < -0.4 is 10.6 Å². The number of aromatic amines is 1. The molecule has 2 aliphatic rings. The number of rotatable bonds is 4. The molecule has 0 radical (unpaired) electrons. The number of alkyl halides is 3. The first-order valence-electron chi connectivity index (χ1n) is 12.2. The molecule has 1 atom stereocenters. The second kappa shape index (κ2) is 9.36. The Balaban J connectivity index is 1.46. The molecular weight excluding hydrogens is 473 g/mol. The summed E-state index contributed by atoms with van der Waals surface area (Å²) in [6.07, 6.45) is 0.513. The third-order valence-corrected chi connectivity index (χ3v) is 7.04. The highest BCUT2D eigenvalue weighted by Gasteiger charge is 2.36. The lowest BCUT2D eigenvalue weighted by Crippen LogP contribution is -2.45. The van der Waals surface area contributed by atoms with E-state index in [1.54, 1.807) is 30.0 Å². The molecule has 2 fully saturated rings. The van der Waals surface area contributed by atoms with Gasteiger partial charge in [0.2, 0.25) is 5.95 Å². The van der Waals surface area contributed by atoms with Crippen LogP contribution in [0.15, 0.2) is 30.6 Å². The van der Waals surface area contributed by atoms with Crippen molar-refractivity contribution in [3.63, 3.8) is 0 Å². The van der Waals surface area contributed by atoms with Gasteiger partial charge in [0.1, 0.15) is 5.56 Å². The van der Waals surface area contributed by atoms with Gasteiger partial charge in [-0.25, -0.2) is 9.97 Å². The minimum Gasteiger partial charge on any atom is -0.390 e. The predicted molar refractivity (Wildman–Crippen MR) is 130 cm³/mol. The fraction of sp³-hybridized carbons (Fsp3) is 0.480. The molecule has 0 bridgehead atoms. The molecule has 2 aromatic heterocycles. The number of nitrogens with one attached hydrogen (secondary N) is 3. The second-order valence-corrected chi connectivity index (χ2v) is 9.89. The zero-order valence-electron chi connectivity index (χ0n) is 20.0. The summed E-state index contributed by atoms with van der Waals surface area (Å²) in [5.41, 5.74) is -0.647. The Kier molecular flexibility index (Phi) is 6.37. The topological polar surface area (TPSA) is 106 Å². The zero-order chi connectivity index (χ0) is 25.5. The maximum atomic E-state index is 13.9. The van der Waals surface area contributed by atoms with Crippen LogP contribution in [0.25, 0.3) is 22.2 Å². The Morgan fingerprint density at radius 2 is 2.06 bits per heavy atom. The first kappa shape index (κ1) is 24.5. The molecule has 2 saturated heterocycles. The van der Waals surface area contributed by atoms with Gasteiger partial charge >= 0.3 is 6.18 Å². The van der Waals surface area contributed by atoms with E-state index in [1.807, 2.05) is 0 Å². The number of hydrogen-bond donors (Lipinski definition) is 4. The van der Waals surface area contributed by atoms with Crippen LogP contribution in [0, 0.1) is 0 Å². The van der Waals surface area contributed by atoms with Crippen LogP contribution in [-0.2, 0) is 6.18 Å².